The molecule has 7 heteroatoms. The molecule has 0 saturated carbocycles. The van der Waals surface area contributed by atoms with E-state index in [0.717, 1.165) is 5.69 Å². The maximum Gasteiger partial charge on any atom is 0.264 e. The van der Waals surface area contributed by atoms with Gasteiger partial charge in [-0.2, -0.15) is 0 Å². The van der Waals surface area contributed by atoms with E-state index in [1.54, 1.807) is 54.6 Å². The molecule has 0 saturated heterocycles. The summed E-state index contributed by atoms with van der Waals surface area (Å²) in [5.74, 6) is -0.198. The number of para-hydroxylation sites is 1. The van der Waals surface area contributed by atoms with Gasteiger partial charge in [-0.05, 0) is 48.5 Å². The summed E-state index contributed by atoms with van der Waals surface area (Å²) < 4.78 is 26.6. The van der Waals surface area contributed by atoms with Crippen molar-refractivity contribution in [3.63, 3.8) is 0 Å². The van der Waals surface area contributed by atoms with Crippen LogP contribution in [0.1, 0.15) is 10.4 Å². The summed E-state index contributed by atoms with van der Waals surface area (Å²) in [5, 5.41) is 2.89. The Morgan fingerprint density at radius 2 is 1.37 bits per heavy atom. The molecule has 3 aromatic rings. The first-order valence-corrected chi connectivity index (χ1v) is 11.0. The van der Waals surface area contributed by atoms with Crippen LogP contribution in [-0.4, -0.2) is 41.5 Å². The molecule has 3 rings (SSSR count). The second-order valence-electron chi connectivity index (χ2n) is 6.85. The van der Waals surface area contributed by atoms with Gasteiger partial charge < -0.3 is 10.2 Å². The van der Waals surface area contributed by atoms with Crippen molar-refractivity contribution in [3.8, 4) is 0 Å². The molecule has 0 aromatic heterocycles. The van der Waals surface area contributed by atoms with E-state index in [-0.39, 0.29) is 10.8 Å². The molecule has 0 spiro atoms. The monoisotopic (exact) mass is 423 g/mol. The van der Waals surface area contributed by atoms with Gasteiger partial charge in [0.1, 0.15) is 0 Å². The molecule has 6 nitrogen and oxygen atoms in total. The number of hydrogen-bond acceptors (Lipinski definition) is 4. The van der Waals surface area contributed by atoms with Crippen molar-refractivity contribution in [2.45, 2.75) is 4.90 Å². The highest BCUT2D eigenvalue weighted by Gasteiger charge is 2.21. The number of nitrogens with one attached hydrogen (secondary N) is 1. The molecular weight excluding hydrogens is 398 g/mol. The normalized spacial score (nSPS) is 11.0. The third kappa shape index (κ3) is 4.99. The van der Waals surface area contributed by atoms with Gasteiger partial charge in [-0.15, -0.1) is 0 Å². The third-order valence-electron chi connectivity index (χ3n) is 4.82. The minimum Gasteiger partial charge on any atom is -0.373 e. The predicted octanol–water partition coefficient (Wildman–Crippen LogP) is 3.38. The molecule has 0 aliphatic heterocycles. The lowest BCUT2D eigenvalue weighted by Crippen LogP contribution is -2.33. The summed E-state index contributed by atoms with van der Waals surface area (Å²) in [6, 6.07) is 24.7. The number of anilines is 2. The van der Waals surface area contributed by atoms with Gasteiger partial charge in [0, 0.05) is 38.4 Å². The van der Waals surface area contributed by atoms with Crippen molar-refractivity contribution in [1.82, 2.24) is 5.32 Å². The van der Waals surface area contributed by atoms with Gasteiger partial charge in [0.25, 0.3) is 15.9 Å². The molecule has 0 heterocycles. The molecule has 0 bridgehead atoms. The van der Waals surface area contributed by atoms with Crippen LogP contribution in [0.15, 0.2) is 89.8 Å². The highest BCUT2D eigenvalue weighted by atomic mass is 32.2. The maximum absolute atomic E-state index is 12.7. The molecule has 3 aromatic carbocycles. The van der Waals surface area contributed by atoms with Crippen LogP contribution in [0.4, 0.5) is 11.4 Å². The van der Waals surface area contributed by atoms with E-state index in [4.69, 9.17) is 0 Å². The molecule has 0 aliphatic rings. The largest absolute Gasteiger partial charge is 0.373 e. The van der Waals surface area contributed by atoms with Crippen LogP contribution >= 0.6 is 0 Å². The number of benzene rings is 3. The van der Waals surface area contributed by atoms with Crippen molar-refractivity contribution in [3.05, 3.63) is 90.5 Å². The van der Waals surface area contributed by atoms with Gasteiger partial charge in [0.2, 0.25) is 0 Å². The lowest BCUT2D eigenvalue weighted by molar-refractivity contribution is 0.0954. The Balaban J connectivity index is 1.59. The van der Waals surface area contributed by atoms with E-state index in [0.29, 0.717) is 24.3 Å². The molecule has 0 unspecified atom stereocenters. The van der Waals surface area contributed by atoms with Crippen molar-refractivity contribution in [2.24, 2.45) is 0 Å². The van der Waals surface area contributed by atoms with Crippen LogP contribution in [0.3, 0.4) is 0 Å². The van der Waals surface area contributed by atoms with Gasteiger partial charge in [-0.3, -0.25) is 9.10 Å². The number of amides is 1. The molecule has 0 aliphatic carbocycles. The first kappa shape index (κ1) is 21.4. The van der Waals surface area contributed by atoms with E-state index < -0.39 is 10.0 Å². The highest BCUT2D eigenvalue weighted by Crippen LogP contribution is 2.22. The van der Waals surface area contributed by atoms with Crippen LogP contribution in [0, 0.1) is 0 Å². The number of rotatable bonds is 8. The van der Waals surface area contributed by atoms with E-state index in [1.807, 2.05) is 37.4 Å². The predicted molar refractivity (Wildman–Crippen MR) is 121 cm³/mol. The summed E-state index contributed by atoms with van der Waals surface area (Å²) in [7, 11) is -0.180. The van der Waals surface area contributed by atoms with Crippen LogP contribution in [0.5, 0.6) is 0 Å². The summed E-state index contributed by atoms with van der Waals surface area (Å²) in [6.07, 6.45) is 0. The van der Waals surface area contributed by atoms with Crippen molar-refractivity contribution >= 4 is 27.3 Å². The second-order valence-corrected chi connectivity index (χ2v) is 8.81. The summed E-state index contributed by atoms with van der Waals surface area (Å²) in [6.45, 7) is 1.17. The Hall–Kier alpha value is -3.32. The lowest BCUT2D eigenvalue weighted by Gasteiger charge is -2.20. The first-order valence-electron chi connectivity index (χ1n) is 9.58. The standard InChI is InChI=1S/C23H25N3O3S/c1-25(20-9-5-3-6-10-20)18-17-24-23(27)19-13-15-21(16-14-19)26(2)30(28,29)22-11-7-4-8-12-22/h3-16H,17-18H2,1-2H3,(H,24,27). The zero-order chi connectivity index (χ0) is 21.6. The average molecular weight is 424 g/mol. The Labute approximate surface area is 177 Å². The van der Waals surface area contributed by atoms with Crippen LogP contribution in [-0.2, 0) is 10.0 Å². The highest BCUT2D eigenvalue weighted by molar-refractivity contribution is 7.92. The molecule has 156 valence electrons. The van der Waals surface area contributed by atoms with Crippen LogP contribution in [0.25, 0.3) is 0 Å². The smallest absolute Gasteiger partial charge is 0.264 e. The van der Waals surface area contributed by atoms with E-state index in [1.165, 1.54) is 11.4 Å². The van der Waals surface area contributed by atoms with E-state index >= 15 is 0 Å². The molecule has 1 N–H and O–H groups in total. The number of likely N-dealkylation sites (N-methyl/N-ethyl adjacent to an activating group) is 1. The zero-order valence-electron chi connectivity index (χ0n) is 17.0. The lowest BCUT2D eigenvalue weighted by atomic mass is 10.2. The molecule has 1 amide bonds. The summed E-state index contributed by atoms with van der Waals surface area (Å²) >= 11 is 0. The third-order valence-corrected chi connectivity index (χ3v) is 6.62. The van der Waals surface area contributed by atoms with Crippen molar-refractivity contribution in [1.29, 1.82) is 0 Å². The SMILES string of the molecule is CN(CCNC(=O)c1ccc(N(C)S(=O)(=O)c2ccccc2)cc1)c1ccccc1. The van der Waals surface area contributed by atoms with E-state index in [2.05, 4.69) is 10.2 Å². The van der Waals surface area contributed by atoms with Gasteiger partial charge in [-0.1, -0.05) is 36.4 Å². The van der Waals surface area contributed by atoms with Crippen LogP contribution in [0.2, 0.25) is 0 Å². The fraction of sp³-hybridized carbons (Fsp3) is 0.174. The Morgan fingerprint density at radius 1 is 0.800 bits per heavy atom. The number of carbonyl (C=O) groups is 1. The number of hydrogen-bond donors (Lipinski definition) is 1. The quantitative estimate of drug-likeness (QED) is 0.603. The minimum atomic E-state index is -3.65. The van der Waals surface area contributed by atoms with E-state index in [9.17, 15) is 13.2 Å². The maximum atomic E-state index is 12.7. The minimum absolute atomic E-state index is 0.198. The average Bonchev–Trinajstić information content (AvgIpc) is 2.79. The van der Waals surface area contributed by atoms with Gasteiger partial charge in [0.15, 0.2) is 0 Å². The molecule has 0 fully saturated rings. The Morgan fingerprint density at radius 3 is 1.97 bits per heavy atom. The fourth-order valence-corrected chi connectivity index (χ4v) is 4.18. The first-order chi connectivity index (χ1) is 14.4. The number of carbonyl (C=O) groups excluding carboxylic acids is 1. The fourth-order valence-electron chi connectivity index (χ4n) is 2.96. The number of nitrogens with zero attached hydrogens (tertiary/aromatic N) is 2. The van der Waals surface area contributed by atoms with Gasteiger partial charge in [0.05, 0.1) is 10.6 Å². The zero-order valence-corrected chi connectivity index (χ0v) is 17.8. The Kier molecular flexibility index (Phi) is 6.74. The Bertz CT molecular complexity index is 1070. The van der Waals surface area contributed by atoms with Crippen molar-refractivity contribution in [2.75, 3.05) is 36.4 Å². The molecule has 0 radical (unpaired) electrons. The van der Waals surface area contributed by atoms with Gasteiger partial charge in [-0.25, -0.2) is 8.42 Å². The van der Waals surface area contributed by atoms with Crippen LogP contribution < -0.4 is 14.5 Å². The summed E-state index contributed by atoms with van der Waals surface area (Å²) in [4.78, 5) is 14.7. The van der Waals surface area contributed by atoms with Gasteiger partial charge >= 0.3 is 0 Å². The van der Waals surface area contributed by atoms with Crippen molar-refractivity contribution < 1.29 is 13.2 Å². The molecular formula is C23H25N3O3S. The molecule has 30 heavy (non-hydrogen) atoms. The summed E-state index contributed by atoms with van der Waals surface area (Å²) in [5.41, 5.74) is 2.05. The topological polar surface area (TPSA) is 69.7 Å². The molecule has 0 atom stereocenters. The second kappa shape index (κ2) is 9.45. The number of sulfonamides is 1.